The van der Waals surface area contributed by atoms with Crippen LogP contribution < -0.4 is 20.8 Å². The summed E-state index contributed by atoms with van der Waals surface area (Å²) in [6.07, 6.45) is 0.900. The summed E-state index contributed by atoms with van der Waals surface area (Å²) >= 11 is 5.56. The van der Waals surface area contributed by atoms with Gasteiger partial charge in [-0.25, -0.2) is 4.98 Å². The third-order valence-electron chi connectivity index (χ3n) is 5.94. The van der Waals surface area contributed by atoms with Gasteiger partial charge >= 0.3 is 0 Å². The third-order valence-corrected chi connectivity index (χ3v) is 6.12. The predicted octanol–water partition coefficient (Wildman–Crippen LogP) is 1.63. The van der Waals surface area contributed by atoms with Crippen LogP contribution in [0.5, 0.6) is 0 Å². The molecule has 4 rings (SSSR count). The maximum absolute atomic E-state index is 12.8. The van der Waals surface area contributed by atoms with Crippen molar-refractivity contribution in [1.82, 2.24) is 19.6 Å². The monoisotopic (exact) mass is 457 g/mol. The van der Waals surface area contributed by atoms with Gasteiger partial charge in [0.25, 0.3) is 11.8 Å². The van der Waals surface area contributed by atoms with Gasteiger partial charge in [0.15, 0.2) is 0 Å². The van der Waals surface area contributed by atoms with Crippen LogP contribution in [0, 0.1) is 0 Å². The van der Waals surface area contributed by atoms with Crippen molar-refractivity contribution in [3.8, 4) is 0 Å². The average Bonchev–Trinajstić information content (AvgIpc) is 3.25. The van der Waals surface area contributed by atoms with E-state index in [2.05, 4.69) is 32.0 Å². The number of benzene rings is 1. The number of halogens is 1. The Morgan fingerprint density at radius 1 is 1.06 bits per heavy atom. The molecule has 2 saturated heterocycles. The molecule has 2 aliphatic heterocycles. The van der Waals surface area contributed by atoms with E-state index in [1.54, 1.807) is 24.3 Å². The van der Waals surface area contributed by atoms with Crippen molar-refractivity contribution >= 4 is 40.9 Å². The summed E-state index contributed by atoms with van der Waals surface area (Å²) in [5.74, 6) is 0.707. The van der Waals surface area contributed by atoms with Crippen LogP contribution in [0.1, 0.15) is 27.1 Å². The van der Waals surface area contributed by atoms with E-state index in [1.807, 2.05) is 17.0 Å². The minimum Gasteiger partial charge on any atom is -0.355 e. The molecule has 1 atom stereocenters. The Bertz CT molecular complexity index is 977. The first-order chi connectivity index (χ1) is 15.4. The number of pyridine rings is 1. The molecule has 0 radical (unpaired) electrons. The van der Waals surface area contributed by atoms with Crippen LogP contribution in [-0.4, -0.2) is 79.0 Å². The van der Waals surface area contributed by atoms with Crippen molar-refractivity contribution < 1.29 is 9.59 Å². The highest BCUT2D eigenvalue weighted by Gasteiger charge is 2.23. The molecule has 0 unspecified atom stereocenters. The molecule has 32 heavy (non-hydrogen) atoms. The second-order valence-electron chi connectivity index (χ2n) is 8.28. The lowest BCUT2D eigenvalue weighted by Gasteiger charge is -2.32. The average molecular weight is 458 g/mol. The lowest BCUT2D eigenvalue weighted by Crippen LogP contribution is -2.47. The quantitative estimate of drug-likeness (QED) is 0.586. The van der Waals surface area contributed by atoms with Crippen molar-refractivity contribution in [2.45, 2.75) is 12.5 Å². The van der Waals surface area contributed by atoms with Crippen LogP contribution in [0.3, 0.4) is 0 Å². The van der Waals surface area contributed by atoms with E-state index in [4.69, 9.17) is 17.5 Å². The first-order valence-corrected chi connectivity index (χ1v) is 11.1. The molecular formula is C22H28ClN7O2. The Kier molecular flexibility index (Phi) is 6.78. The molecule has 0 aliphatic carbocycles. The maximum Gasteiger partial charge on any atom is 0.269 e. The third kappa shape index (κ3) is 4.95. The topological polar surface area (TPSA) is 107 Å². The summed E-state index contributed by atoms with van der Waals surface area (Å²) in [4.78, 5) is 38.0. The van der Waals surface area contributed by atoms with Gasteiger partial charge in [0.05, 0.1) is 5.56 Å². The van der Waals surface area contributed by atoms with Crippen LogP contribution in [0.15, 0.2) is 36.4 Å². The summed E-state index contributed by atoms with van der Waals surface area (Å²) in [6, 6.07) is 10.8. The van der Waals surface area contributed by atoms with Gasteiger partial charge in [-0.3, -0.25) is 14.4 Å². The second kappa shape index (κ2) is 9.72. The Labute approximate surface area is 192 Å². The standard InChI is InChI=1S/C22H28ClN7O2/c1-28-10-12-29(13-11-28)22(32)15-2-4-17(5-3-15)25-20-18(21(31)27-23)6-7-19(26-20)30-9-8-16(24)14-30/h2-7,16H,8-14,24H2,1H3,(H,25,26)(H,27,31)/t16-/m0/s1. The molecule has 3 heterocycles. The molecular weight excluding hydrogens is 430 g/mol. The van der Waals surface area contributed by atoms with Crippen molar-refractivity contribution in [1.29, 1.82) is 0 Å². The molecule has 0 saturated carbocycles. The Morgan fingerprint density at radius 3 is 2.41 bits per heavy atom. The highest BCUT2D eigenvalue weighted by molar-refractivity contribution is 6.25. The Balaban J connectivity index is 1.52. The molecule has 2 amide bonds. The molecule has 170 valence electrons. The van der Waals surface area contributed by atoms with E-state index in [0.29, 0.717) is 22.6 Å². The molecule has 4 N–H and O–H groups in total. The molecule has 9 nitrogen and oxygen atoms in total. The number of rotatable bonds is 5. The summed E-state index contributed by atoms with van der Waals surface area (Å²) in [5.41, 5.74) is 7.69. The number of anilines is 3. The van der Waals surface area contributed by atoms with Crippen LogP contribution in [0.4, 0.5) is 17.3 Å². The smallest absolute Gasteiger partial charge is 0.269 e. The lowest BCUT2D eigenvalue weighted by atomic mass is 10.1. The van der Waals surface area contributed by atoms with Gasteiger partial charge in [-0.05, 0) is 49.9 Å². The number of carbonyl (C=O) groups is 2. The highest BCUT2D eigenvalue weighted by Crippen LogP contribution is 2.25. The van der Waals surface area contributed by atoms with E-state index < -0.39 is 5.91 Å². The van der Waals surface area contributed by atoms with Crippen molar-refractivity contribution in [2.75, 3.05) is 56.5 Å². The molecule has 1 aromatic carbocycles. The minimum absolute atomic E-state index is 0.0253. The summed E-state index contributed by atoms with van der Waals surface area (Å²) in [5, 5.41) is 3.19. The van der Waals surface area contributed by atoms with Crippen LogP contribution in [0.25, 0.3) is 0 Å². The van der Waals surface area contributed by atoms with Gasteiger partial charge in [-0.2, -0.15) is 0 Å². The molecule has 1 aromatic heterocycles. The summed E-state index contributed by atoms with van der Waals surface area (Å²) in [7, 11) is 2.06. The molecule has 0 bridgehead atoms. The van der Waals surface area contributed by atoms with Gasteiger partial charge in [0, 0.05) is 68.3 Å². The first kappa shape index (κ1) is 22.3. The Hall–Kier alpha value is -2.88. The van der Waals surface area contributed by atoms with Gasteiger partial charge in [-0.15, -0.1) is 0 Å². The summed E-state index contributed by atoms with van der Waals surface area (Å²) < 4.78 is 0. The number of aromatic nitrogens is 1. The van der Waals surface area contributed by atoms with E-state index in [-0.39, 0.29) is 11.9 Å². The highest BCUT2D eigenvalue weighted by atomic mass is 35.5. The van der Waals surface area contributed by atoms with E-state index in [9.17, 15) is 9.59 Å². The van der Waals surface area contributed by atoms with Gasteiger partial charge in [-0.1, -0.05) is 0 Å². The fourth-order valence-electron chi connectivity index (χ4n) is 3.97. The predicted molar refractivity (Wildman–Crippen MR) is 125 cm³/mol. The van der Waals surface area contributed by atoms with Crippen molar-refractivity contribution in [3.63, 3.8) is 0 Å². The van der Waals surface area contributed by atoms with Crippen molar-refractivity contribution in [2.24, 2.45) is 5.73 Å². The summed E-state index contributed by atoms with van der Waals surface area (Å²) in [6.45, 7) is 4.74. The lowest BCUT2D eigenvalue weighted by molar-refractivity contribution is 0.0664. The molecule has 10 heteroatoms. The number of nitrogens with zero attached hydrogens (tertiary/aromatic N) is 4. The van der Waals surface area contributed by atoms with Crippen LogP contribution >= 0.6 is 11.8 Å². The number of piperazine rings is 1. The minimum atomic E-state index is -0.451. The molecule has 2 aromatic rings. The first-order valence-electron chi connectivity index (χ1n) is 10.7. The number of likely N-dealkylation sites (N-methyl/N-ethyl adjacent to an activating group) is 1. The largest absolute Gasteiger partial charge is 0.355 e. The molecule has 0 spiro atoms. The van der Waals surface area contributed by atoms with Crippen LogP contribution in [0.2, 0.25) is 0 Å². The number of amides is 2. The molecule has 2 aliphatic rings. The SMILES string of the molecule is CN1CCN(C(=O)c2ccc(Nc3nc(N4CC[C@H](N)C4)ccc3C(=O)NCl)cc2)CC1. The van der Waals surface area contributed by atoms with E-state index in [0.717, 1.165) is 51.5 Å². The number of nitrogens with one attached hydrogen (secondary N) is 2. The number of carbonyl (C=O) groups excluding carboxylic acids is 2. The number of hydrogen-bond acceptors (Lipinski definition) is 7. The second-order valence-corrected chi connectivity index (χ2v) is 8.47. The van der Waals surface area contributed by atoms with E-state index >= 15 is 0 Å². The zero-order chi connectivity index (χ0) is 22.7. The maximum atomic E-state index is 12.8. The van der Waals surface area contributed by atoms with Gasteiger partial charge in [0.2, 0.25) is 0 Å². The fraction of sp³-hybridized carbons (Fsp3) is 0.409. The fourth-order valence-corrected chi connectivity index (χ4v) is 4.08. The normalized spacial score (nSPS) is 19.2. The number of nitrogens with two attached hydrogens (primary N) is 1. The molecule has 2 fully saturated rings. The number of hydrogen-bond donors (Lipinski definition) is 3. The van der Waals surface area contributed by atoms with E-state index in [1.165, 1.54) is 0 Å². The van der Waals surface area contributed by atoms with Gasteiger partial charge in [0.1, 0.15) is 11.6 Å². The van der Waals surface area contributed by atoms with Crippen molar-refractivity contribution in [3.05, 3.63) is 47.5 Å². The zero-order valence-corrected chi connectivity index (χ0v) is 18.8. The zero-order valence-electron chi connectivity index (χ0n) is 18.1. The Morgan fingerprint density at radius 2 is 1.78 bits per heavy atom. The van der Waals surface area contributed by atoms with Gasteiger partial charge < -0.3 is 25.8 Å². The van der Waals surface area contributed by atoms with Crippen LogP contribution in [-0.2, 0) is 0 Å².